The van der Waals surface area contributed by atoms with Crippen molar-refractivity contribution in [3.05, 3.63) is 0 Å². The molecule has 2 N–H and O–H groups in total. The van der Waals surface area contributed by atoms with E-state index in [1.807, 2.05) is 0 Å². The molecule has 0 amide bonds. The minimum atomic E-state index is -0.113. The SMILES string of the molecule is CC1CC(C)N(CCCCC(C)(CO)NC(C)C)C1. The second kappa shape index (κ2) is 7.61. The van der Waals surface area contributed by atoms with Gasteiger partial charge in [-0.05, 0) is 45.6 Å². The predicted molar refractivity (Wildman–Crippen MR) is 82.4 cm³/mol. The lowest BCUT2D eigenvalue weighted by Gasteiger charge is -2.31. The van der Waals surface area contributed by atoms with Gasteiger partial charge in [0.15, 0.2) is 0 Å². The van der Waals surface area contributed by atoms with Crippen molar-refractivity contribution in [1.82, 2.24) is 10.2 Å². The summed E-state index contributed by atoms with van der Waals surface area (Å²) in [5, 5.41) is 13.0. The summed E-state index contributed by atoms with van der Waals surface area (Å²) >= 11 is 0. The topological polar surface area (TPSA) is 35.5 Å². The first-order valence-corrected chi connectivity index (χ1v) is 7.99. The Kier molecular flexibility index (Phi) is 6.78. The van der Waals surface area contributed by atoms with Crippen LogP contribution < -0.4 is 5.32 Å². The Bertz CT molecular complexity index is 257. The molecule has 0 spiro atoms. The largest absolute Gasteiger partial charge is 0.394 e. The molecule has 0 aromatic heterocycles. The van der Waals surface area contributed by atoms with E-state index in [-0.39, 0.29) is 12.1 Å². The third-order valence-electron chi connectivity index (χ3n) is 4.32. The molecule has 0 radical (unpaired) electrons. The monoisotopic (exact) mass is 270 g/mol. The van der Waals surface area contributed by atoms with Gasteiger partial charge in [-0.2, -0.15) is 0 Å². The van der Waals surface area contributed by atoms with Crippen molar-refractivity contribution >= 4 is 0 Å². The molecule has 19 heavy (non-hydrogen) atoms. The van der Waals surface area contributed by atoms with E-state index in [0.29, 0.717) is 6.04 Å². The van der Waals surface area contributed by atoms with Crippen molar-refractivity contribution < 1.29 is 5.11 Å². The van der Waals surface area contributed by atoms with Gasteiger partial charge < -0.3 is 15.3 Å². The zero-order chi connectivity index (χ0) is 14.5. The zero-order valence-corrected chi connectivity index (χ0v) is 13.6. The number of hydrogen-bond acceptors (Lipinski definition) is 3. The first-order valence-electron chi connectivity index (χ1n) is 7.99. The van der Waals surface area contributed by atoms with E-state index in [2.05, 4.69) is 44.8 Å². The van der Waals surface area contributed by atoms with E-state index in [1.165, 1.54) is 32.4 Å². The maximum Gasteiger partial charge on any atom is 0.0610 e. The van der Waals surface area contributed by atoms with E-state index in [1.54, 1.807) is 0 Å². The van der Waals surface area contributed by atoms with Gasteiger partial charge in [-0.25, -0.2) is 0 Å². The highest BCUT2D eigenvalue weighted by Crippen LogP contribution is 2.23. The number of rotatable bonds is 8. The van der Waals surface area contributed by atoms with Crippen LogP contribution in [0.1, 0.15) is 60.3 Å². The predicted octanol–water partition coefficient (Wildman–Crippen LogP) is 2.64. The first-order chi connectivity index (χ1) is 8.86. The summed E-state index contributed by atoms with van der Waals surface area (Å²) in [6.45, 7) is 13.8. The minimum Gasteiger partial charge on any atom is -0.394 e. The molecule has 1 rings (SSSR count). The summed E-state index contributed by atoms with van der Waals surface area (Å²) in [5.41, 5.74) is -0.113. The van der Waals surface area contributed by atoms with E-state index < -0.39 is 0 Å². The maximum absolute atomic E-state index is 9.55. The van der Waals surface area contributed by atoms with E-state index in [0.717, 1.165) is 18.4 Å². The second-order valence-electron chi connectivity index (χ2n) is 7.16. The molecular formula is C16H34N2O. The average Bonchev–Trinajstić information content (AvgIpc) is 2.63. The van der Waals surface area contributed by atoms with Gasteiger partial charge in [0.05, 0.1) is 6.61 Å². The normalized spacial score (nSPS) is 27.9. The van der Waals surface area contributed by atoms with E-state index in [4.69, 9.17) is 0 Å². The Morgan fingerprint density at radius 2 is 2.00 bits per heavy atom. The van der Waals surface area contributed by atoms with Crippen LogP contribution in [0.25, 0.3) is 0 Å². The molecule has 1 fully saturated rings. The molecule has 1 aliphatic heterocycles. The zero-order valence-electron chi connectivity index (χ0n) is 13.6. The van der Waals surface area contributed by atoms with Crippen molar-refractivity contribution in [2.45, 2.75) is 77.9 Å². The van der Waals surface area contributed by atoms with Crippen LogP contribution in [-0.4, -0.2) is 47.3 Å². The lowest BCUT2D eigenvalue weighted by atomic mass is 9.94. The van der Waals surface area contributed by atoms with Gasteiger partial charge in [0.2, 0.25) is 0 Å². The standard InChI is InChI=1S/C16H34N2O/c1-13(2)17-16(5,12-19)8-6-7-9-18-11-14(3)10-15(18)4/h13-15,17,19H,6-12H2,1-5H3. The smallest absolute Gasteiger partial charge is 0.0610 e. The first kappa shape index (κ1) is 16.9. The van der Waals surface area contributed by atoms with Gasteiger partial charge in [-0.1, -0.05) is 27.2 Å². The number of aliphatic hydroxyl groups excluding tert-OH is 1. The highest BCUT2D eigenvalue weighted by molar-refractivity contribution is 4.84. The summed E-state index contributed by atoms with van der Waals surface area (Å²) < 4.78 is 0. The average molecular weight is 270 g/mol. The number of aliphatic hydroxyl groups is 1. The summed E-state index contributed by atoms with van der Waals surface area (Å²) in [4.78, 5) is 2.62. The van der Waals surface area contributed by atoms with Gasteiger partial charge >= 0.3 is 0 Å². The number of unbranched alkanes of at least 4 members (excludes halogenated alkanes) is 1. The fraction of sp³-hybridized carbons (Fsp3) is 1.00. The molecule has 3 nitrogen and oxygen atoms in total. The molecule has 0 bridgehead atoms. The highest BCUT2D eigenvalue weighted by atomic mass is 16.3. The molecule has 1 saturated heterocycles. The van der Waals surface area contributed by atoms with Gasteiger partial charge in [-0.15, -0.1) is 0 Å². The van der Waals surface area contributed by atoms with Crippen LogP contribution in [0.15, 0.2) is 0 Å². The molecule has 1 aliphatic rings. The van der Waals surface area contributed by atoms with Gasteiger partial charge in [-0.3, -0.25) is 0 Å². The molecular weight excluding hydrogens is 236 g/mol. The highest BCUT2D eigenvalue weighted by Gasteiger charge is 2.26. The fourth-order valence-corrected chi connectivity index (χ4v) is 3.42. The Morgan fingerprint density at radius 3 is 2.47 bits per heavy atom. The summed E-state index contributed by atoms with van der Waals surface area (Å²) in [6.07, 6.45) is 4.84. The number of hydrogen-bond donors (Lipinski definition) is 2. The third kappa shape index (κ3) is 5.80. The van der Waals surface area contributed by atoms with Crippen molar-refractivity contribution in [3.63, 3.8) is 0 Å². The molecule has 114 valence electrons. The lowest BCUT2D eigenvalue weighted by molar-refractivity contribution is 0.151. The van der Waals surface area contributed by atoms with Crippen LogP contribution in [0.3, 0.4) is 0 Å². The van der Waals surface area contributed by atoms with Crippen LogP contribution in [0.5, 0.6) is 0 Å². The lowest BCUT2D eigenvalue weighted by Crippen LogP contribution is -2.49. The molecule has 0 aliphatic carbocycles. The molecule has 0 aromatic rings. The molecule has 3 heteroatoms. The quantitative estimate of drug-likeness (QED) is 0.666. The van der Waals surface area contributed by atoms with Gasteiger partial charge in [0.25, 0.3) is 0 Å². The summed E-state index contributed by atoms with van der Waals surface area (Å²) in [5.74, 6) is 0.861. The fourth-order valence-electron chi connectivity index (χ4n) is 3.42. The van der Waals surface area contributed by atoms with Gasteiger partial charge in [0.1, 0.15) is 0 Å². The number of nitrogens with one attached hydrogen (secondary N) is 1. The van der Waals surface area contributed by atoms with Gasteiger partial charge in [0, 0.05) is 24.2 Å². The molecule has 0 aromatic carbocycles. The molecule has 1 heterocycles. The second-order valence-corrected chi connectivity index (χ2v) is 7.16. The van der Waals surface area contributed by atoms with E-state index in [9.17, 15) is 5.11 Å². The van der Waals surface area contributed by atoms with Crippen LogP contribution in [-0.2, 0) is 0 Å². The summed E-state index contributed by atoms with van der Waals surface area (Å²) in [7, 11) is 0. The van der Waals surface area contributed by atoms with Crippen molar-refractivity contribution in [2.24, 2.45) is 5.92 Å². The Morgan fingerprint density at radius 1 is 1.32 bits per heavy atom. The minimum absolute atomic E-state index is 0.113. The van der Waals surface area contributed by atoms with Crippen LogP contribution >= 0.6 is 0 Å². The van der Waals surface area contributed by atoms with Crippen LogP contribution in [0.4, 0.5) is 0 Å². The third-order valence-corrected chi connectivity index (χ3v) is 4.32. The molecule has 0 saturated carbocycles. The van der Waals surface area contributed by atoms with Crippen molar-refractivity contribution in [3.8, 4) is 0 Å². The maximum atomic E-state index is 9.55. The van der Waals surface area contributed by atoms with Crippen molar-refractivity contribution in [2.75, 3.05) is 19.7 Å². The van der Waals surface area contributed by atoms with Crippen LogP contribution in [0, 0.1) is 5.92 Å². The number of likely N-dealkylation sites (tertiary alicyclic amines) is 1. The molecule has 3 atom stereocenters. The summed E-state index contributed by atoms with van der Waals surface area (Å²) in [6, 6.07) is 1.18. The Balaban J connectivity index is 2.22. The van der Waals surface area contributed by atoms with Crippen LogP contribution in [0.2, 0.25) is 0 Å². The number of nitrogens with zero attached hydrogens (tertiary/aromatic N) is 1. The molecule has 3 unspecified atom stereocenters. The van der Waals surface area contributed by atoms with E-state index >= 15 is 0 Å². The Hall–Kier alpha value is -0.120. The van der Waals surface area contributed by atoms with Crippen molar-refractivity contribution in [1.29, 1.82) is 0 Å². The Labute approximate surface area is 119 Å².